The van der Waals surface area contributed by atoms with Gasteiger partial charge in [0.1, 0.15) is 5.69 Å². The molecule has 2 N–H and O–H groups in total. The van der Waals surface area contributed by atoms with E-state index in [1.54, 1.807) is 0 Å². The first-order chi connectivity index (χ1) is 12.2. The van der Waals surface area contributed by atoms with Gasteiger partial charge in [-0.15, -0.1) is 0 Å². The topological polar surface area (TPSA) is 84.3 Å². The number of benzene rings is 2. The Balaban J connectivity index is 2.01. The summed E-state index contributed by atoms with van der Waals surface area (Å²) in [6.07, 6.45) is -4.19. The average Bonchev–Trinajstić information content (AvgIpc) is 2.58. The van der Waals surface area contributed by atoms with Gasteiger partial charge in [-0.2, -0.15) is 13.2 Å². The van der Waals surface area contributed by atoms with Crippen molar-refractivity contribution in [2.24, 2.45) is 0 Å². The van der Waals surface area contributed by atoms with Crippen LogP contribution in [-0.2, 0) is 17.4 Å². The van der Waals surface area contributed by atoms with Crippen LogP contribution in [0.25, 0.3) is 0 Å². The predicted octanol–water partition coefficient (Wildman–Crippen LogP) is 4.45. The van der Waals surface area contributed by atoms with Crippen LogP contribution in [0.2, 0.25) is 0 Å². The van der Waals surface area contributed by atoms with Gasteiger partial charge >= 0.3 is 6.18 Å². The summed E-state index contributed by atoms with van der Waals surface area (Å²) in [5.74, 6) is -0.463. The molecule has 0 unspecified atom stereocenters. The molecule has 0 saturated carbocycles. The standard InChI is InChI=1S/C16H13BrF3N3O3/c17-12-4-2-1-3-10(12)5-8-15(24)22-21-13-7-6-11(16(18,19)20)9-14(13)23(25)26/h1-4,6-7,9,21H,5,8H2,(H,22,24). The summed E-state index contributed by atoms with van der Waals surface area (Å²) in [4.78, 5) is 21.9. The molecule has 10 heteroatoms. The fourth-order valence-electron chi connectivity index (χ4n) is 2.11. The number of hydrogen-bond acceptors (Lipinski definition) is 4. The zero-order chi connectivity index (χ0) is 19.3. The van der Waals surface area contributed by atoms with Crippen LogP contribution in [0.4, 0.5) is 24.5 Å². The maximum atomic E-state index is 12.7. The molecule has 0 aromatic heterocycles. The van der Waals surface area contributed by atoms with Crippen LogP contribution in [0.1, 0.15) is 17.5 Å². The number of aryl methyl sites for hydroxylation is 1. The zero-order valence-corrected chi connectivity index (χ0v) is 14.7. The van der Waals surface area contributed by atoms with Crippen LogP contribution in [-0.4, -0.2) is 10.8 Å². The van der Waals surface area contributed by atoms with Gasteiger partial charge in [0.2, 0.25) is 5.91 Å². The molecule has 26 heavy (non-hydrogen) atoms. The Bertz CT molecular complexity index is 828. The second kappa shape index (κ2) is 8.17. The van der Waals surface area contributed by atoms with Crippen molar-refractivity contribution >= 4 is 33.2 Å². The first-order valence-corrected chi connectivity index (χ1v) is 8.11. The van der Waals surface area contributed by atoms with Gasteiger partial charge in [0.25, 0.3) is 5.69 Å². The molecule has 0 saturated heterocycles. The zero-order valence-electron chi connectivity index (χ0n) is 13.1. The Hall–Kier alpha value is -2.62. The summed E-state index contributed by atoms with van der Waals surface area (Å²) in [6, 6.07) is 9.33. The monoisotopic (exact) mass is 431 g/mol. The molecule has 0 bridgehead atoms. The van der Waals surface area contributed by atoms with Gasteiger partial charge in [0.15, 0.2) is 0 Å². The van der Waals surface area contributed by atoms with Gasteiger partial charge in [-0.1, -0.05) is 34.1 Å². The van der Waals surface area contributed by atoms with Gasteiger partial charge in [0.05, 0.1) is 10.5 Å². The largest absolute Gasteiger partial charge is 0.416 e. The Morgan fingerprint density at radius 1 is 1.19 bits per heavy atom. The summed E-state index contributed by atoms with van der Waals surface area (Å²) >= 11 is 3.36. The van der Waals surface area contributed by atoms with Gasteiger partial charge < -0.3 is 0 Å². The van der Waals surface area contributed by atoms with Crippen LogP contribution in [0, 0.1) is 10.1 Å². The third kappa shape index (κ3) is 5.19. The molecule has 2 aromatic rings. The highest BCUT2D eigenvalue weighted by Gasteiger charge is 2.33. The lowest BCUT2D eigenvalue weighted by Gasteiger charge is -2.11. The van der Waals surface area contributed by atoms with Crippen molar-refractivity contribution in [3.8, 4) is 0 Å². The molecule has 0 fully saturated rings. The number of carbonyl (C=O) groups is 1. The van der Waals surface area contributed by atoms with E-state index in [0.29, 0.717) is 18.6 Å². The van der Waals surface area contributed by atoms with Crippen molar-refractivity contribution in [1.29, 1.82) is 0 Å². The molecule has 2 rings (SSSR count). The third-order valence-electron chi connectivity index (χ3n) is 3.44. The Morgan fingerprint density at radius 3 is 2.50 bits per heavy atom. The first-order valence-electron chi connectivity index (χ1n) is 7.32. The summed E-state index contributed by atoms with van der Waals surface area (Å²) in [5.41, 5.74) is 3.29. The minimum Gasteiger partial charge on any atom is -0.292 e. The second-order valence-corrected chi connectivity index (χ2v) is 6.11. The number of alkyl halides is 3. The van der Waals surface area contributed by atoms with Gasteiger partial charge in [0, 0.05) is 17.0 Å². The number of hydrogen-bond donors (Lipinski definition) is 2. The summed E-state index contributed by atoms with van der Waals surface area (Å²) in [6.45, 7) is 0. The number of nitrogens with zero attached hydrogens (tertiary/aromatic N) is 1. The number of nitro benzene ring substituents is 1. The number of nitro groups is 1. The predicted molar refractivity (Wildman–Crippen MR) is 92.3 cm³/mol. The van der Waals surface area contributed by atoms with Gasteiger partial charge in [-0.3, -0.25) is 25.8 Å². The lowest BCUT2D eigenvalue weighted by Crippen LogP contribution is -2.30. The molecule has 0 atom stereocenters. The van der Waals surface area contributed by atoms with E-state index in [0.717, 1.165) is 16.1 Å². The number of rotatable bonds is 6. The van der Waals surface area contributed by atoms with Crippen molar-refractivity contribution in [2.75, 3.05) is 5.43 Å². The fourth-order valence-corrected chi connectivity index (χ4v) is 2.60. The van der Waals surface area contributed by atoms with E-state index in [9.17, 15) is 28.1 Å². The first kappa shape index (κ1) is 19.7. The maximum absolute atomic E-state index is 12.7. The molecule has 138 valence electrons. The highest BCUT2D eigenvalue weighted by atomic mass is 79.9. The average molecular weight is 432 g/mol. The summed E-state index contributed by atoms with van der Waals surface area (Å²) < 4.78 is 38.8. The summed E-state index contributed by atoms with van der Waals surface area (Å²) in [7, 11) is 0. The lowest BCUT2D eigenvalue weighted by atomic mass is 10.1. The van der Waals surface area contributed by atoms with Crippen molar-refractivity contribution in [3.63, 3.8) is 0 Å². The van der Waals surface area contributed by atoms with Crippen LogP contribution < -0.4 is 10.9 Å². The Kier molecular flexibility index (Phi) is 6.19. The number of hydrazine groups is 1. The smallest absolute Gasteiger partial charge is 0.292 e. The summed E-state index contributed by atoms with van der Waals surface area (Å²) in [5, 5.41) is 11.0. The SMILES string of the molecule is O=C(CCc1ccccc1Br)NNc1ccc(C(F)(F)F)cc1[N+](=O)[O-]. The number of amides is 1. The minimum atomic E-state index is -4.70. The molecule has 1 amide bonds. The maximum Gasteiger partial charge on any atom is 0.416 e. The fraction of sp³-hybridized carbons (Fsp3) is 0.188. The molecule has 0 heterocycles. The molecular weight excluding hydrogens is 419 g/mol. The number of anilines is 1. The van der Waals surface area contributed by atoms with E-state index in [2.05, 4.69) is 26.8 Å². The highest BCUT2D eigenvalue weighted by Crippen LogP contribution is 2.34. The molecule has 6 nitrogen and oxygen atoms in total. The Labute approximate surface area is 154 Å². The van der Waals surface area contributed by atoms with Gasteiger partial charge in [-0.25, -0.2) is 0 Å². The van der Waals surface area contributed by atoms with Crippen LogP contribution in [0.15, 0.2) is 46.9 Å². The number of nitrogens with one attached hydrogen (secondary N) is 2. The Morgan fingerprint density at radius 2 is 1.88 bits per heavy atom. The van der Waals surface area contributed by atoms with Crippen LogP contribution in [0.5, 0.6) is 0 Å². The molecule has 0 aliphatic rings. The number of halogens is 4. The molecule has 0 radical (unpaired) electrons. The van der Waals surface area contributed by atoms with Gasteiger partial charge in [-0.05, 0) is 30.2 Å². The van der Waals surface area contributed by atoms with Crippen LogP contribution >= 0.6 is 15.9 Å². The normalized spacial score (nSPS) is 11.1. The van der Waals surface area contributed by atoms with Crippen molar-refractivity contribution in [2.45, 2.75) is 19.0 Å². The van der Waals surface area contributed by atoms with Crippen molar-refractivity contribution in [1.82, 2.24) is 5.43 Å². The van der Waals surface area contributed by atoms with E-state index in [-0.39, 0.29) is 12.1 Å². The highest BCUT2D eigenvalue weighted by molar-refractivity contribution is 9.10. The second-order valence-electron chi connectivity index (χ2n) is 5.25. The van der Waals surface area contributed by atoms with Crippen molar-refractivity contribution in [3.05, 3.63) is 68.2 Å². The molecule has 0 spiro atoms. The molecular formula is C16H13BrF3N3O3. The van der Waals surface area contributed by atoms with E-state index < -0.39 is 28.3 Å². The van der Waals surface area contributed by atoms with E-state index >= 15 is 0 Å². The minimum absolute atomic E-state index is 0.0873. The molecule has 2 aromatic carbocycles. The lowest BCUT2D eigenvalue weighted by molar-refractivity contribution is -0.384. The van der Waals surface area contributed by atoms with E-state index in [4.69, 9.17) is 0 Å². The third-order valence-corrected chi connectivity index (χ3v) is 4.21. The van der Waals surface area contributed by atoms with E-state index in [1.807, 2.05) is 24.3 Å². The molecule has 0 aliphatic carbocycles. The molecule has 0 aliphatic heterocycles. The van der Waals surface area contributed by atoms with Crippen molar-refractivity contribution < 1.29 is 22.9 Å². The quantitative estimate of drug-likeness (QED) is 0.522. The van der Waals surface area contributed by atoms with Crippen LogP contribution in [0.3, 0.4) is 0 Å². The van der Waals surface area contributed by atoms with E-state index in [1.165, 1.54) is 0 Å². The number of carbonyl (C=O) groups excluding carboxylic acids is 1.